The molecule has 0 aliphatic heterocycles. The summed E-state index contributed by atoms with van der Waals surface area (Å²) in [5.74, 6) is 0.00825. The number of nitrogens with two attached hydrogens (primary N) is 1. The number of amides is 1. The number of rotatable bonds is 5. The molecular weight excluding hydrogens is 240 g/mol. The fourth-order valence-electron chi connectivity index (χ4n) is 2.05. The van der Waals surface area contributed by atoms with Gasteiger partial charge < -0.3 is 15.6 Å². The van der Waals surface area contributed by atoms with Gasteiger partial charge in [0, 0.05) is 26.1 Å². The first-order chi connectivity index (χ1) is 9.06. The van der Waals surface area contributed by atoms with Crippen LogP contribution in [0.4, 0.5) is 0 Å². The van der Waals surface area contributed by atoms with E-state index in [-0.39, 0.29) is 11.9 Å². The number of imidazole rings is 1. The first-order valence-electron chi connectivity index (χ1n) is 6.48. The van der Waals surface area contributed by atoms with E-state index in [1.807, 2.05) is 18.5 Å². The van der Waals surface area contributed by atoms with E-state index in [0.717, 1.165) is 17.5 Å². The van der Waals surface area contributed by atoms with Crippen molar-refractivity contribution >= 4 is 16.9 Å². The first-order valence-corrected chi connectivity index (χ1v) is 6.48. The fourth-order valence-corrected chi connectivity index (χ4v) is 2.05. The standard InChI is InChI=1S/C14H20N4O/c1-10(15)7-14(19)16-6-5-11-3-4-13-12(8-11)17-9-18(13)2/h3-4,8-10H,5-7,15H2,1-2H3,(H,16,19). The maximum Gasteiger partial charge on any atom is 0.221 e. The van der Waals surface area contributed by atoms with E-state index in [0.29, 0.717) is 13.0 Å². The number of nitrogens with zero attached hydrogens (tertiary/aromatic N) is 2. The van der Waals surface area contributed by atoms with Gasteiger partial charge in [-0.05, 0) is 31.0 Å². The van der Waals surface area contributed by atoms with Crippen LogP contribution in [0.15, 0.2) is 24.5 Å². The van der Waals surface area contributed by atoms with E-state index in [2.05, 4.69) is 28.5 Å². The number of aryl methyl sites for hydroxylation is 1. The molecule has 1 heterocycles. The molecule has 1 amide bonds. The van der Waals surface area contributed by atoms with Gasteiger partial charge in [0.15, 0.2) is 0 Å². The lowest BCUT2D eigenvalue weighted by Gasteiger charge is -2.07. The smallest absolute Gasteiger partial charge is 0.221 e. The molecule has 3 N–H and O–H groups in total. The molecule has 1 atom stereocenters. The van der Waals surface area contributed by atoms with Crippen molar-refractivity contribution in [3.8, 4) is 0 Å². The minimum Gasteiger partial charge on any atom is -0.356 e. The van der Waals surface area contributed by atoms with Crippen LogP contribution in [-0.2, 0) is 18.3 Å². The summed E-state index contributed by atoms with van der Waals surface area (Å²) in [6, 6.07) is 6.10. The lowest BCUT2D eigenvalue weighted by Crippen LogP contribution is -2.31. The summed E-state index contributed by atoms with van der Waals surface area (Å²) in [6.07, 6.45) is 2.98. The van der Waals surface area contributed by atoms with Crippen molar-refractivity contribution in [3.05, 3.63) is 30.1 Å². The van der Waals surface area contributed by atoms with Gasteiger partial charge in [0.1, 0.15) is 0 Å². The largest absolute Gasteiger partial charge is 0.356 e. The Hall–Kier alpha value is -1.88. The Morgan fingerprint density at radius 1 is 1.53 bits per heavy atom. The van der Waals surface area contributed by atoms with Gasteiger partial charge in [-0.3, -0.25) is 4.79 Å². The second-order valence-corrected chi connectivity index (χ2v) is 4.96. The van der Waals surface area contributed by atoms with Crippen molar-refractivity contribution in [2.45, 2.75) is 25.8 Å². The van der Waals surface area contributed by atoms with E-state index in [9.17, 15) is 4.79 Å². The van der Waals surface area contributed by atoms with E-state index < -0.39 is 0 Å². The molecule has 1 unspecified atom stereocenters. The summed E-state index contributed by atoms with van der Waals surface area (Å²) in [5, 5.41) is 2.87. The maximum atomic E-state index is 11.5. The molecule has 0 fully saturated rings. The number of nitrogens with one attached hydrogen (secondary N) is 1. The first kappa shape index (κ1) is 13.5. The SMILES string of the molecule is CC(N)CC(=O)NCCc1ccc2c(c1)ncn2C. The lowest BCUT2D eigenvalue weighted by atomic mass is 10.1. The van der Waals surface area contributed by atoms with Crippen molar-refractivity contribution in [1.82, 2.24) is 14.9 Å². The molecule has 5 nitrogen and oxygen atoms in total. The quantitative estimate of drug-likeness (QED) is 0.841. The number of carbonyl (C=O) groups excluding carboxylic acids is 1. The zero-order valence-electron chi connectivity index (χ0n) is 11.4. The molecule has 0 aliphatic rings. The molecule has 1 aromatic carbocycles. The summed E-state index contributed by atoms with van der Waals surface area (Å²) < 4.78 is 1.99. The van der Waals surface area contributed by atoms with Crippen molar-refractivity contribution in [3.63, 3.8) is 0 Å². The zero-order valence-corrected chi connectivity index (χ0v) is 11.4. The topological polar surface area (TPSA) is 72.9 Å². The number of hydrogen-bond acceptors (Lipinski definition) is 3. The highest BCUT2D eigenvalue weighted by molar-refractivity contribution is 5.77. The number of hydrogen-bond donors (Lipinski definition) is 2. The molecule has 2 aromatic rings. The molecule has 0 saturated heterocycles. The van der Waals surface area contributed by atoms with Gasteiger partial charge in [-0.2, -0.15) is 0 Å². The van der Waals surface area contributed by atoms with Crippen LogP contribution in [0.25, 0.3) is 11.0 Å². The molecule has 2 rings (SSSR count). The number of aromatic nitrogens is 2. The second kappa shape index (κ2) is 5.84. The highest BCUT2D eigenvalue weighted by Crippen LogP contribution is 2.13. The number of benzene rings is 1. The third kappa shape index (κ3) is 3.54. The Labute approximate surface area is 112 Å². The predicted octanol–water partition coefficient (Wildman–Crippen LogP) is 0.969. The monoisotopic (exact) mass is 260 g/mol. The molecule has 0 bridgehead atoms. The second-order valence-electron chi connectivity index (χ2n) is 4.96. The third-order valence-electron chi connectivity index (χ3n) is 3.03. The van der Waals surface area contributed by atoms with E-state index >= 15 is 0 Å². The number of carbonyl (C=O) groups is 1. The molecule has 0 spiro atoms. The minimum atomic E-state index is -0.0927. The van der Waals surface area contributed by atoms with Gasteiger partial charge in [0.2, 0.25) is 5.91 Å². The Balaban J connectivity index is 1.89. The van der Waals surface area contributed by atoms with Crippen LogP contribution in [-0.4, -0.2) is 28.0 Å². The van der Waals surface area contributed by atoms with Gasteiger partial charge in [-0.1, -0.05) is 6.07 Å². The predicted molar refractivity (Wildman–Crippen MR) is 75.7 cm³/mol. The van der Waals surface area contributed by atoms with Gasteiger partial charge in [0.25, 0.3) is 0 Å². The van der Waals surface area contributed by atoms with Crippen LogP contribution >= 0.6 is 0 Å². The zero-order chi connectivity index (χ0) is 13.8. The molecule has 5 heteroatoms. The van der Waals surface area contributed by atoms with Crippen LogP contribution in [0.1, 0.15) is 18.9 Å². The summed E-state index contributed by atoms with van der Waals surface area (Å²) in [5.41, 5.74) is 8.85. The Kier molecular flexibility index (Phi) is 4.16. The van der Waals surface area contributed by atoms with Crippen LogP contribution < -0.4 is 11.1 Å². The fraction of sp³-hybridized carbons (Fsp3) is 0.429. The average molecular weight is 260 g/mol. The van der Waals surface area contributed by atoms with Gasteiger partial charge in [-0.25, -0.2) is 4.98 Å². The maximum absolute atomic E-state index is 11.5. The average Bonchev–Trinajstić information content (AvgIpc) is 2.70. The summed E-state index contributed by atoms with van der Waals surface area (Å²) in [7, 11) is 1.98. The molecule has 0 aliphatic carbocycles. The van der Waals surface area contributed by atoms with E-state index in [1.165, 1.54) is 5.56 Å². The Morgan fingerprint density at radius 2 is 2.32 bits per heavy atom. The van der Waals surface area contributed by atoms with E-state index in [4.69, 9.17) is 5.73 Å². The van der Waals surface area contributed by atoms with Crippen molar-refractivity contribution in [1.29, 1.82) is 0 Å². The van der Waals surface area contributed by atoms with Gasteiger partial charge in [-0.15, -0.1) is 0 Å². The van der Waals surface area contributed by atoms with Crippen LogP contribution in [0, 0.1) is 0 Å². The molecule has 1 aromatic heterocycles. The van der Waals surface area contributed by atoms with Gasteiger partial charge in [0.05, 0.1) is 17.4 Å². The normalized spacial score (nSPS) is 12.6. The summed E-state index contributed by atoms with van der Waals surface area (Å²) in [4.78, 5) is 15.8. The van der Waals surface area contributed by atoms with Crippen LogP contribution in [0.3, 0.4) is 0 Å². The molecule has 0 saturated carbocycles. The molecule has 0 radical (unpaired) electrons. The van der Waals surface area contributed by atoms with E-state index in [1.54, 1.807) is 6.33 Å². The minimum absolute atomic E-state index is 0.00825. The van der Waals surface area contributed by atoms with Crippen molar-refractivity contribution in [2.24, 2.45) is 12.8 Å². The molecular formula is C14H20N4O. The number of fused-ring (bicyclic) bond motifs is 1. The van der Waals surface area contributed by atoms with Crippen LogP contribution in [0.5, 0.6) is 0 Å². The van der Waals surface area contributed by atoms with Crippen molar-refractivity contribution < 1.29 is 4.79 Å². The lowest BCUT2D eigenvalue weighted by molar-refractivity contribution is -0.121. The molecule has 102 valence electrons. The Morgan fingerprint density at radius 3 is 3.05 bits per heavy atom. The van der Waals surface area contributed by atoms with Crippen LogP contribution in [0.2, 0.25) is 0 Å². The Bertz CT molecular complexity index is 574. The highest BCUT2D eigenvalue weighted by atomic mass is 16.1. The van der Waals surface area contributed by atoms with Crippen molar-refractivity contribution in [2.75, 3.05) is 6.54 Å². The summed E-state index contributed by atoms with van der Waals surface area (Å²) >= 11 is 0. The molecule has 19 heavy (non-hydrogen) atoms. The highest BCUT2D eigenvalue weighted by Gasteiger charge is 2.05. The van der Waals surface area contributed by atoms with Gasteiger partial charge >= 0.3 is 0 Å². The summed E-state index contributed by atoms with van der Waals surface area (Å²) in [6.45, 7) is 2.46. The third-order valence-corrected chi connectivity index (χ3v) is 3.03.